The van der Waals surface area contributed by atoms with Crippen LogP contribution in [0.15, 0.2) is 4.52 Å². The highest BCUT2D eigenvalue weighted by molar-refractivity contribution is 4.96. The molecule has 0 aromatic carbocycles. The molecule has 1 aliphatic heterocycles. The van der Waals surface area contributed by atoms with Crippen molar-refractivity contribution < 1.29 is 4.52 Å². The van der Waals surface area contributed by atoms with Crippen molar-refractivity contribution in [2.75, 3.05) is 19.6 Å². The molecular formula is C10H18N4O. The molecule has 1 aliphatic rings. The molecule has 0 radical (unpaired) electrons. The van der Waals surface area contributed by atoms with E-state index in [0.717, 1.165) is 38.4 Å². The van der Waals surface area contributed by atoms with Crippen molar-refractivity contribution in [2.45, 2.75) is 32.2 Å². The van der Waals surface area contributed by atoms with E-state index in [2.05, 4.69) is 22.0 Å². The average Bonchev–Trinajstić information content (AvgIpc) is 2.78. The molecule has 1 saturated heterocycles. The molecule has 84 valence electrons. The van der Waals surface area contributed by atoms with Crippen LogP contribution in [0.5, 0.6) is 0 Å². The van der Waals surface area contributed by atoms with E-state index in [-0.39, 0.29) is 0 Å². The normalized spacial score (nSPS) is 19.6. The van der Waals surface area contributed by atoms with Gasteiger partial charge in [0.1, 0.15) is 0 Å². The molecule has 0 spiro atoms. The lowest BCUT2D eigenvalue weighted by Gasteiger charge is -2.28. The Morgan fingerprint density at radius 1 is 1.47 bits per heavy atom. The first-order valence-corrected chi connectivity index (χ1v) is 5.58. The first kappa shape index (κ1) is 10.6. The Hall–Kier alpha value is -0.940. The smallest absolute Gasteiger partial charge is 0.229 e. The number of nitrogens with zero attached hydrogens (tertiary/aromatic N) is 3. The third-order valence-corrected chi connectivity index (χ3v) is 3.05. The summed E-state index contributed by atoms with van der Waals surface area (Å²) in [6.07, 6.45) is 2.22. The van der Waals surface area contributed by atoms with Crippen molar-refractivity contribution in [2.24, 2.45) is 5.73 Å². The fourth-order valence-corrected chi connectivity index (χ4v) is 2.01. The van der Waals surface area contributed by atoms with Gasteiger partial charge in [0.25, 0.3) is 0 Å². The lowest BCUT2D eigenvalue weighted by Crippen LogP contribution is -2.32. The fourth-order valence-electron chi connectivity index (χ4n) is 2.01. The van der Waals surface area contributed by atoms with Gasteiger partial charge in [0.05, 0.1) is 6.54 Å². The van der Waals surface area contributed by atoms with Crippen LogP contribution in [0, 0.1) is 0 Å². The van der Waals surface area contributed by atoms with Crippen molar-refractivity contribution >= 4 is 0 Å². The second kappa shape index (κ2) is 4.72. The van der Waals surface area contributed by atoms with E-state index in [1.54, 1.807) is 0 Å². The topological polar surface area (TPSA) is 68.2 Å². The summed E-state index contributed by atoms with van der Waals surface area (Å²) in [6, 6.07) is 0. The predicted octanol–water partition coefficient (Wildman–Crippen LogP) is 0.728. The van der Waals surface area contributed by atoms with Gasteiger partial charge in [-0.2, -0.15) is 4.98 Å². The lowest BCUT2D eigenvalue weighted by molar-refractivity contribution is 0.202. The number of hydrogen-bond donors (Lipinski definition) is 1. The first-order chi connectivity index (χ1) is 7.33. The number of rotatable bonds is 3. The van der Waals surface area contributed by atoms with E-state index in [1.807, 2.05) is 0 Å². The molecule has 5 nitrogen and oxygen atoms in total. The molecule has 2 rings (SSSR count). The predicted molar refractivity (Wildman–Crippen MR) is 56.3 cm³/mol. The molecule has 0 saturated carbocycles. The monoisotopic (exact) mass is 210 g/mol. The Balaban J connectivity index is 1.95. The maximum absolute atomic E-state index is 5.44. The summed E-state index contributed by atoms with van der Waals surface area (Å²) in [5, 5.41) is 3.82. The highest BCUT2D eigenvalue weighted by atomic mass is 16.5. The van der Waals surface area contributed by atoms with E-state index in [0.29, 0.717) is 18.3 Å². The number of likely N-dealkylation sites (tertiary alicyclic amines) is 1. The van der Waals surface area contributed by atoms with Crippen LogP contribution < -0.4 is 5.73 Å². The van der Waals surface area contributed by atoms with E-state index in [9.17, 15) is 0 Å². The molecule has 1 aromatic heterocycles. The van der Waals surface area contributed by atoms with Crippen LogP contribution >= 0.6 is 0 Å². The fraction of sp³-hybridized carbons (Fsp3) is 0.800. The molecule has 0 amide bonds. The van der Waals surface area contributed by atoms with Crippen LogP contribution in [-0.2, 0) is 6.54 Å². The Bertz CT molecular complexity index is 304. The van der Waals surface area contributed by atoms with Crippen LogP contribution in [-0.4, -0.2) is 34.7 Å². The number of aromatic nitrogens is 2. The molecule has 1 aromatic rings. The molecule has 0 bridgehead atoms. The second-order valence-corrected chi connectivity index (χ2v) is 3.96. The highest BCUT2D eigenvalue weighted by Crippen LogP contribution is 2.26. The van der Waals surface area contributed by atoms with Gasteiger partial charge in [0, 0.05) is 5.92 Å². The average molecular weight is 210 g/mol. The largest absolute Gasteiger partial charge is 0.339 e. The van der Waals surface area contributed by atoms with Gasteiger partial charge in [0.2, 0.25) is 5.89 Å². The van der Waals surface area contributed by atoms with E-state index >= 15 is 0 Å². The number of nitrogens with two attached hydrogens (primary N) is 1. The Kier molecular flexibility index (Phi) is 3.33. The Morgan fingerprint density at radius 2 is 2.20 bits per heavy atom. The van der Waals surface area contributed by atoms with Gasteiger partial charge in [-0.25, -0.2) is 0 Å². The molecule has 0 aliphatic carbocycles. The zero-order chi connectivity index (χ0) is 10.7. The summed E-state index contributed by atoms with van der Waals surface area (Å²) in [7, 11) is 0. The Labute approximate surface area is 89.6 Å². The van der Waals surface area contributed by atoms with Crippen LogP contribution in [0.25, 0.3) is 0 Å². The van der Waals surface area contributed by atoms with Crippen molar-refractivity contribution in [3.8, 4) is 0 Å². The van der Waals surface area contributed by atoms with Crippen LogP contribution in [0.2, 0.25) is 0 Å². The van der Waals surface area contributed by atoms with Gasteiger partial charge in [0.15, 0.2) is 5.82 Å². The molecule has 15 heavy (non-hydrogen) atoms. The molecule has 1 fully saturated rings. The van der Waals surface area contributed by atoms with E-state index in [1.165, 1.54) is 0 Å². The molecule has 2 N–H and O–H groups in total. The van der Waals surface area contributed by atoms with Crippen LogP contribution in [0.1, 0.15) is 37.4 Å². The maximum atomic E-state index is 5.44. The van der Waals surface area contributed by atoms with Gasteiger partial charge in [-0.05, 0) is 32.5 Å². The SMILES string of the molecule is CCN1CCC(c2nc(CN)no2)CC1. The molecule has 0 atom stereocenters. The molecule has 0 unspecified atom stereocenters. The Morgan fingerprint density at radius 3 is 2.73 bits per heavy atom. The summed E-state index contributed by atoms with van der Waals surface area (Å²) in [5.74, 6) is 1.81. The standard InChI is InChI=1S/C10H18N4O/c1-2-14-5-3-8(4-6-14)10-12-9(7-11)13-15-10/h8H,2-7,11H2,1H3. The zero-order valence-electron chi connectivity index (χ0n) is 9.15. The van der Waals surface area contributed by atoms with E-state index < -0.39 is 0 Å². The minimum atomic E-state index is 0.358. The van der Waals surface area contributed by atoms with E-state index in [4.69, 9.17) is 10.3 Å². The van der Waals surface area contributed by atoms with Crippen LogP contribution in [0.3, 0.4) is 0 Å². The summed E-state index contributed by atoms with van der Waals surface area (Å²) in [5.41, 5.74) is 5.44. The summed E-state index contributed by atoms with van der Waals surface area (Å²) in [6.45, 7) is 5.93. The summed E-state index contributed by atoms with van der Waals surface area (Å²) >= 11 is 0. The van der Waals surface area contributed by atoms with Gasteiger partial charge >= 0.3 is 0 Å². The zero-order valence-corrected chi connectivity index (χ0v) is 9.15. The second-order valence-electron chi connectivity index (χ2n) is 3.96. The quantitative estimate of drug-likeness (QED) is 0.796. The van der Waals surface area contributed by atoms with Gasteiger partial charge in [-0.3, -0.25) is 0 Å². The highest BCUT2D eigenvalue weighted by Gasteiger charge is 2.24. The van der Waals surface area contributed by atoms with Crippen molar-refractivity contribution in [1.82, 2.24) is 15.0 Å². The summed E-state index contributed by atoms with van der Waals surface area (Å²) < 4.78 is 5.20. The summed E-state index contributed by atoms with van der Waals surface area (Å²) in [4.78, 5) is 6.72. The number of piperidine rings is 1. The van der Waals surface area contributed by atoms with Crippen molar-refractivity contribution in [3.05, 3.63) is 11.7 Å². The van der Waals surface area contributed by atoms with Gasteiger partial charge in [-0.1, -0.05) is 12.1 Å². The molecule has 5 heteroatoms. The third kappa shape index (κ3) is 2.35. The maximum Gasteiger partial charge on any atom is 0.229 e. The molecule has 2 heterocycles. The minimum absolute atomic E-state index is 0.358. The van der Waals surface area contributed by atoms with Crippen LogP contribution in [0.4, 0.5) is 0 Å². The van der Waals surface area contributed by atoms with Gasteiger partial charge in [-0.15, -0.1) is 0 Å². The van der Waals surface area contributed by atoms with Crippen molar-refractivity contribution in [3.63, 3.8) is 0 Å². The lowest BCUT2D eigenvalue weighted by atomic mass is 9.97. The van der Waals surface area contributed by atoms with Gasteiger partial charge < -0.3 is 15.2 Å². The van der Waals surface area contributed by atoms with Crippen molar-refractivity contribution in [1.29, 1.82) is 0 Å². The third-order valence-electron chi connectivity index (χ3n) is 3.05. The molecular weight excluding hydrogens is 192 g/mol. The minimum Gasteiger partial charge on any atom is -0.339 e. The number of hydrogen-bond acceptors (Lipinski definition) is 5. The first-order valence-electron chi connectivity index (χ1n) is 5.58.